The molecular weight excluding hydrogens is 472 g/mol. The fourth-order valence-corrected chi connectivity index (χ4v) is 4.49. The largest absolute Gasteiger partial charge is 0.511 e. The maximum absolute atomic E-state index is 13.6. The highest BCUT2D eigenvalue weighted by Gasteiger charge is 2.27. The van der Waals surface area contributed by atoms with Crippen LogP contribution in [0.4, 0.5) is 0 Å². The summed E-state index contributed by atoms with van der Waals surface area (Å²) < 4.78 is 28.5. The fraction of sp³-hybridized carbons (Fsp3) is 0.125. The minimum atomic E-state index is -4.55. The third-order valence-electron chi connectivity index (χ3n) is 5.59. The molecule has 1 aromatic heterocycles. The second-order valence-electron chi connectivity index (χ2n) is 7.93. The first-order valence-corrected chi connectivity index (χ1v) is 11.8. The van der Waals surface area contributed by atoms with E-state index in [4.69, 9.17) is 17.3 Å². The van der Waals surface area contributed by atoms with Crippen LogP contribution in [-0.2, 0) is 16.1 Å². The zero-order chi connectivity index (χ0) is 25.5. The van der Waals surface area contributed by atoms with Crippen molar-refractivity contribution in [2.45, 2.75) is 13.8 Å². The zero-order valence-electron chi connectivity index (χ0n) is 19.0. The SMILES string of the molecule is [B]OP(=O)(O)Oc1ccc2c(c1)c(C(=O)Oc1c(C)cc(C(=O)O)cc1C)c1ccccc1[n+]2C. The summed E-state index contributed by atoms with van der Waals surface area (Å²) in [6, 6.07) is 14.6. The van der Waals surface area contributed by atoms with Crippen LogP contribution in [0.3, 0.4) is 0 Å². The Morgan fingerprint density at radius 2 is 1.60 bits per heavy atom. The Morgan fingerprint density at radius 1 is 0.971 bits per heavy atom. The van der Waals surface area contributed by atoms with Crippen LogP contribution in [0, 0.1) is 13.8 Å². The van der Waals surface area contributed by atoms with Gasteiger partial charge in [-0.25, -0.2) is 14.2 Å². The quantitative estimate of drug-likeness (QED) is 0.104. The summed E-state index contributed by atoms with van der Waals surface area (Å²) >= 11 is 0. The normalized spacial score (nSPS) is 12.9. The number of nitrogens with zero attached hydrogens (tertiary/aromatic N) is 1. The Morgan fingerprint density at radius 3 is 2.23 bits per heavy atom. The number of hydrogen-bond acceptors (Lipinski definition) is 6. The molecule has 0 aliphatic carbocycles. The monoisotopic (exact) mass is 492 g/mol. The molecule has 2 N–H and O–H groups in total. The third-order valence-corrected chi connectivity index (χ3v) is 6.30. The van der Waals surface area contributed by atoms with Crippen molar-refractivity contribution < 1.29 is 42.4 Å². The van der Waals surface area contributed by atoms with Gasteiger partial charge in [0.25, 0.3) is 0 Å². The van der Waals surface area contributed by atoms with E-state index in [0.29, 0.717) is 27.4 Å². The number of fused-ring (bicyclic) bond motifs is 2. The Kier molecular flexibility index (Phi) is 6.38. The third kappa shape index (κ3) is 4.64. The molecule has 1 atom stereocenters. The molecular formula is C24H20BNO8P+. The molecule has 0 aliphatic heterocycles. The van der Waals surface area contributed by atoms with Crippen molar-refractivity contribution in [2.75, 3.05) is 0 Å². The van der Waals surface area contributed by atoms with E-state index < -0.39 is 19.8 Å². The van der Waals surface area contributed by atoms with Gasteiger partial charge in [0.2, 0.25) is 11.0 Å². The van der Waals surface area contributed by atoms with Crippen LogP contribution in [0.1, 0.15) is 31.8 Å². The molecule has 0 saturated carbocycles. The molecule has 0 bridgehead atoms. The highest BCUT2D eigenvalue weighted by Crippen LogP contribution is 2.43. The molecule has 0 spiro atoms. The predicted molar refractivity (Wildman–Crippen MR) is 128 cm³/mol. The zero-order valence-corrected chi connectivity index (χ0v) is 19.9. The van der Waals surface area contributed by atoms with Crippen molar-refractivity contribution in [3.8, 4) is 11.5 Å². The minimum absolute atomic E-state index is 0.0451. The van der Waals surface area contributed by atoms with Crippen LogP contribution in [0.25, 0.3) is 21.8 Å². The van der Waals surface area contributed by atoms with Crippen LogP contribution in [0.5, 0.6) is 11.5 Å². The van der Waals surface area contributed by atoms with Crippen molar-refractivity contribution >= 4 is 49.6 Å². The highest BCUT2D eigenvalue weighted by atomic mass is 31.2. The Bertz CT molecular complexity index is 1550. The van der Waals surface area contributed by atoms with E-state index in [0.717, 1.165) is 5.52 Å². The standard InChI is InChI=1S/C24H19BNO8P/c1-13-10-15(23(27)28)11-14(2)22(13)32-24(29)21-17-6-4-5-7-19(17)26(3)20-9-8-16(12-18(20)21)33-35(30,31)34-25/h4-12H,1-3H3,(H-,27,28,30,31)/p+1. The first-order chi connectivity index (χ1) is 16.5. The fourth-order valence-electron chi connectivity index (χ4n) is 4.07. The second-order valence-corrected chi connectivity index (χ2v) is 9.26. The van der Waals surface area contributed by atoms with E-state index in [-0.39, 0.29) is 22.6 Å². The number of carboxylic acids is 1. The molecule has 0 aliphatic rings. The van der Waals surface area contributed by atoms with E-state index in [1.165, 1.54) is 24.3 Å². The number of esters is 1. The van der Waals surface area contributed by atoms with Crippen molar-refractivity contribution in [1.82, 2.24) is 0 Å². The number of benzene rings is 3. The molecule has 3 aromatic carbocycles. The average molecular weight is 492 g/mol. The number of phosphoric ester groups is 1. The summed E-state index contributed by atoms with van der Waals surface area (Å²) in [6.07, 6.45) is 0. The summed E-state index contributed by atoms with van der Waals surface area (Å²) in [7, 11) is 2.11. The summed E-state index contributed by atoms with van der Waals surface area (Å²) in [4.78, 5) is 34.6. The number of carbonyl (C=O) groups excluding carboxylic acids is 1. The van der Waals surface area contributed by atoms with Gasteiger partial charge in [0, 0.05) is 12.1 Å². The van der Waals surface area contributed by atoms with E-state index in [1.54, 1.807) is 32.0 Å². The molecule has 4 aromatic rings. The molecule has 1 heterocycles. The lowest BCUT2D eigenvalue weighted by Crippen LogP contribution is -2.31. The van der Waals surface area contributed by atoms with Crippen molar-refractivity contribution in [3.63, 3.8) is 0 Å². The molecule has 0 fully saturated rings. The Labute approximate surface area is 201 Å². The van der Waals surface area contributed by atoms with Crippen LogP contribution >= 0.6 is 7.82 Å². The Hall–Kier alpha value is -3.72. The van der Waals surface area contributed by atoms with Gasteiger partial charge >= 0.3 is 27.8 Å². The molecule has 4 rings (SSSR count). The number of ether oxygens (including phenoxy) is 1. The van der Waals surface area contributed by atoms with Gasteiger partial charge in [0.15, 0.2) is 0 Å². The lowest BCUT2D eigenvalue weighted by atomic mass is 10.0. The van der Waals surface area contributed by atoms with Gasteiger partial charge in [0.1, 0.15) is 18.5 Å². The smallest absolute Gasteiger partial charge is 0.478 e. The number of phosphoric acid groups is 1. The molecule has 0 amide bonds. The van der Waals surface area contributed by atoms with Crippen molar-refractivity contribution in [1.29, 1.82) is 0 Å². The maximum Gasteiger partial charge on any atom is 0.511 e. The van der Waals surface area contributed by atoms with Gasteiger partial charge < -0.3 is 18.8 Å². The first kappa shape index (κ1) is 24.4. The van der Waals surface area contributed by atoms with Crippen LogP contribution < -0.4 is 13.8 Å². The topological polar surface area (TPSA) is 123 Å². The number of rotatable bonds is 6. The van der Waals surface area contributed by atoms with Crippen LogP contribution in [0.15, 0.2) is 54.6 Å². The minimum Gasteiger partial charge on any atom is -0.478 e. The number of pyridine rings is 1. The van der Waals surface area contributed by atoms with E-state index in [1.807, 2.05) is 23.7 Å². The Balaban J connectivity index is 1.92. The van der Waals surface area contributed by atoms with Gasteiger partial charge in [-0.05, 0) is 55.3 Å². The molecule has 35 heavy (non-hydrogen) atoms. The van der Waals surface area contributed by atoms with Gasteiger partial charge in [-0.1, -0.05) is 12.1 Å². The van der Waals surface area contributed by atoms with Gasteiger partial charge in [-0.2, -0.15) is 4.57 Å². The van der Waals surface area contributed by atoms with Crippen molar-refractivity contribution in [2.24, 2.45) is 7.05 Å². The first-order valence-electron chi connectivity index (χ1n) is 10.3. The number of carboxylic acid groups (broad SMARTS) is 1. The number of hydrogen-bond donors (Lipinski definition) is 2. The summed E-state index contributed by atoms with van der Waals surface area (Å²) in [5.41, 5.74) is 2.61. The number of para-hydroxylation sites is 1. The van der Waals surface area contributed by atoms with Gasteiger partial charge in [-0.3, -0.25) is 4.89 Å². The molecule has 2 radical (unpaired) electrons. The van der Waals surface area contributed by atoms with Gasteiger partial charge in [-0.15, -0.1) is 0 Å². The number of carbonyl (C=O) groups is 2. The highest BCUT2D eigenvalue weighted by molar-refractivity contribution is 7.48. The van der Waals surface area contributed by atoms with E-state index in [9.17, 15) is 24.2 Å². The molecule has 9 nitrogen and oxygen atoms in total. The lowest BCUT2D eigenvalue weighted by molar-refractivity contribution is -0.617. The van der Waals surface area contributed by atoms with Crippen molar-refractivity contribution in [3.05, 3.63) is 76.9 Å². The molecule has 11 heteroatoms. The summed E-state index contributed by atoms with van der Waals surface area (Å²) in [5.74, 6) is -1.58. The summed E-state index contributed by atoms with van der Waals surface area (Å²) in [6.45, 7) is 3.31. The number of aryl methyl sites for hydroxylation is 3. The predicted octanol–water partition coefficient (Wildman–Crippen LogP) is 3.93. The lowest BCUT2D eigenvalue weighted by Gasteiger charge is -2.15. The van der Waals surface area contributed by atoms with Crippen LogP contribution in [-0.4, -0.2) is 30.0 Å². The summed E-state index contributed by atoms with van der Waals surface area (Å²) in [5, 5.41) is 10.3. The molecule has 176 valence electrons. The second kappa shape index (κ2) is 9.15. The number of aromatic carboxylic acids is 1. The molecule has 0 saturated heterocycles. The van der Waals surface area contributed by atoms with Crippen LogP contribution in [0.2, 0.25) is 0 Å². The maximum atomic E-state index is 13.6. The average Bonchev–Trinajstić information content (AvgIpc) is 2.81. The number of aromatic nitrogens is 1. The van der Waals surface area contributed by atoms with Gasteiger partial charge in [0.05, 0.1) is 21.9 Å². The molecule has 1 unspecified atom stereocenters. The van der Waals surface area contributed by atoms with E-state index >= 15 is 0 Å². The van der Waals surface area contributed by atoms with E-state index in [2.05, 4.69) is 4.44 Å².